The summed E-state index contributed by atoms with van der Waals surface area (Å²) in [4.78, 5) is 25.1. The van der Waals surface area contributed by atoms with Crippen molar-refractivity contribution in [1.29, 1.82) is 0 Å². The molecule has 1 heterocycles. The molecule has 1 aliphatic rings. The van der Waals surface area contributed by atoms with Gasteiger partial charge in [-0.1, -0.05) is 0 Å². The Morgan fingerprint density at radius 2 is 1.64 bits per heavy atom. The van der Waals surface area contributed by atoms with Crippen molar-refractivity contribution >= 4 is 35.5 Å². The Morgan fingerprint density at radius 3 is 2.16 bits per heavy atom. The van der Waals surface area contributed by atoms with Gasteiger partial charge in [-0.25, -0.2) is 0 Å². The fourth-order valence-electron chi connectivity index (χ4n) is 2.39. The topological polar surface area (TPSA) is 96.9 Å². The van der Waals surface area contributed by atoms with Gasteiger partial charge in [0.05, 0.1) is 19.8 Å². The molecule has 1 rings (SSSR count). The van der Waals surface area contributed by atoms with Gasteiger partial charge in [0, 0.05) is 48.7 Å². The van der Waals surface area contributed by atoms with Crippen LogP contribution < -0.4 is 10.6 Å². The first-order valence-electron chi connectivity index (χ1n) is 8.66. The molecule has 0 radical (unpaired) electrons. The zero-order valence-corrected chi connectivity index (χ0v) is 16.7. The van der Waals surface area contributed by atoms with Gasteiger partial charge in [-0.15, -0.1) is 0 Å². The lowest BCUT2D eigenvalue weighted by molar-refractivity contribution is -0.171. The van der Waals surface area contributed by atoms with Crippen molar-refractivity contribution < 1.29 is 24.2 Å². The van der Waals surface area contributed by atoms with Gasteiger partial charge in [0.2, 0.25) is 0 Å². The van der Waals surface area contributed by atoms with Crippen LogP contribution in [0.3, 0.4) is 0 Å². The summed E-state index contributed by atoms with van der Waals surface area (Å²) < 4.78 is 10.3. The Kier molecular flexibility index (Phi) is 11.6. The van der Waals surface area contributed by atoms with E-state index in [0.29, 0.717) is 13.1 Å². The monoisotopic (exact) mass is 394 g/mol. The summed E-state index contributed by atoms with van der Waals surface area (Å²) >= 11 is 3.44. The fraction of sp³-hybridized carbons (Fsp3) is 0.875. The van der Waals surface area contributed by atoms with Gasteiger partial charge >= 0.3 is 11.9 Å². The third kappa shape index (κ3) is 7.34. The molecule has 0 spiro atoms. The number of esters is 2. The molecule has 1 aliphatic heterocycles. The second kappa shape index (κ2) is 12.8. The minimum Gasteiger partial charge on any atom is -0.465 e. The number of hydrogen-bond acceptors (Lipinski definition) is 9. The van der Waals surface area contributed by atoms with E-state index in [0.717, 1.165) is 17.3 Å². The molecule has 0 saturated carbocycles. The highest BCUT2D eigenvalue weighted by atomic mass is 32.2. The van der Waals surface area contributed by atoms with E-state index in [2.05, 4.69) is 10.6 Å². The standard InChI is InChI=1S/C16H30N2O5S2/c1-3-22-14(20)16(15(21)23-4-2)11-17-5-7-24-10-13(9-19)25-8-6-18-12-16/h13,17-19H,3-12H2,1-2H3. The normalized spacial score (nSPS) is 22.8. The summed E-state index contributed by atoms with van der Waals surface area (Å²) in [5.74, 6) is 1.39. The van der Waals surface area contributed by atoms with Crippen LogP contribution in [0, 0.1) is 5.41 Å². The van der Waals surface area contributed by atoms with Gasteiger partial charge in [0.15, 0.2) is 5.41 Å². The van der Waals surface area contributed by atoms with E-state index >= 15 is 0 Å². The molecule has 0 aromatic heterocycles. The second-order valence-corrected chi connectivity index (χ2v) is 8.18. The van der Waals surface area contributed by atoms with Crippen LogP contribution in [0.25, 0.3) is 0 Å². The number of aliphatic hydroxyl groups is 1. The molecule has 0 amide bonds. The molecular formula is C16H30N2O5S2. The molecule has 0 aromatic rings. The van der Waals surface area contributed by atoms with Gasteiger partial charge in [0.1, 0.15) is 0 Å². The number of aliphatic hydroxyl groups excluding tert-OH is 1. The molecule has 3 N–H and O–H groups in total. The number of carbonyl (C=O) groups excluding carboxylic acids is 2. The lowest BCUT2D eigenvalue weighted by Gasteiger charge is -2.29. The summed E-state index contributed by atoms with van der Waals surface area (Å²) in [6.07, 6.45) is 0. The number of thioether (sulfide) groups is 2. The lowest BCUT2D eigenvalue weighted by atomic mass is 9.87. The Labute approximate surface area is 158 Å². The molecular weight excluding hydrogens is 364 g/mol. The average Bonchev–Trinajstić information content (AvgIpc) is 2.62. The average molecular weight is 395 g/mol. The van der Waals surface area contributed by atoms with Crippen LogP contribution in [-0.4, -0.2) is 85.6 Å². The Morgan fingerprint density at radius 1 is 1.08 bits per heavy atom. The molecule has 0 bridgehead atoms. The van der Waals surface area contributed by atoms with Gasteiger partial charge in [-0.05, 0) is 13.8 Å². The minimum atomic E-state index is -1.38. The van der Waals surface area contributed by atoms with Crippen LogP contribution in [0.1, 0.15) is 13.8 Å². The summed E-state index contributed by atoms with van der Waals surface area (Å²) in [7, 11) is 0. The fourth-order valence-corrected chi connectivity index (χ4v) is 4.59. The van der Waals surface area contributed by atoms with Crippen molar-refractivity contribution in [2.45, 2.75) is 19.1 Å². The molecule has 1 fully saturated rings. The highest BCUT2D eigenvalue weighted by molar-refractivity contribution is 8.03. The van der Waals surface area contributed by atoms with Gasteiger partial charge in [-0.2, -0.15) is 23.5 Å². The van der Waals surface area contributed by atoms with Crippen LogP contribution in [0.15, 0.2) is 0 Å². The van der Waals surface area contributed by atoms with Gasteiger partial charge in [0.25, 0.3) is 0 Å². The van der Waals surface area contributed by atoms with E-state index in [1.165, 1.54) is 0 Å². The molecule has 1 unspecified atom stereocenters. The summed E-state index contributed by atoms with van der Waals surface area (Å²) in [5.41, 5.74) is -1.38. The highest BCUT2D eigenvalue weighted by Crippen LogP contribution is 2.22. The first kappa shape index (κ1) is 22.6. The van der Waals surface area contributed by atoms with Crippen molar-refractivity contribution in [2.24, 2.45) is 5.41 Å². The number of ether oxygens (including phenoxy) is 2. The van der Waals surface area contributed by atoms with Crippen molar-refractivity contribution in [3.8, 4) is 0 Å². The van der Waals surface area contributed by atoms with E-state index in [1.54, 1.807) is 37.4 Å². The van der Waals surface area contributed by atoms with Gasteiger partial charge < -0.3 is 25.2 Å². The maximum absolute atomic E-state index is 12.6. The Bertz CT molecular complexity index is 394. The number of hydrogen-bond donors (Lipinski definition) is 3. The van der Waals surface area contributed by atoms with Crippen molar-refractivity contribution in [3.63, 3.8) is 0 Å². The van der Waals surface area contributed by atoms with Crippen LogP contribution in [0.2, 0.25) is 0 Å². The highest BCUT2D eigenvalue weighted by Gasteiger charge is 2.48. The molecule has 1 atom stereocenters. The number of nitrogens with one attached hydrogen (secondary N) is 2. The second-order valence-electron chi connectivity index (χ2n) is 5.63. The quantitative estimate of drug-likeness (QED) is 0.444. The summed E-state index contributed by atoms with van der Waals surface area (Å²) in [5, 5.41) is 16.0. The van der Waals surface area contributed by atoms with Crippen molar-refractivity contribution in [1.82, 2.24) is 10.6 Å². The maximum atomic E-state index is 12.6. The van der Waals surface area contributed by atoms with E-state index in [9.17, 15) is 14.7 Å². The van der Waals surface area contributed by atoms with Crippen LogP contribution in [0.5, 0.6) is 0 Å². The van der Waals surface area contributed by atoms with Crippen molar-refractivity contribution in [3.05, 3.63) is 0 Å². The third-order valence-corrected chi connectivity index (χ3v) is 6.32. The Hall–Kier alpha value is -0.480. The molecule has 7 nitrogen and oxygen atoms in total. The molecule has 0 aliphatic carbocycles. The first-order chi connectivity index (χ1) is 12.1. The number of carbonyl (C=O) groups is 2. The summed E-state index contributed by atoms with van der Waals surface area (Å²) in [6, 6.07) is 0. The zero-order chi connectivity index (χ0) is 18.5. The lowest BCUT2D eigenvalue weighted by Crippen LogP contribution is -2.55. The van der Waals surface area contributed by atoms with E-state index in [-0.39, 0.29) is 38.2 Å². The third-order valence-electron chi connectivity index (χ3n) is 3.75. The number of rotatable bonds is 5. The van der Waals surface area contributed by atoms with Crippen molar-refractivity contribution in [2.75, 3.05) is 63.3 Å². The smallest absolute Gasteiger partial charge is 0.326 e. The molecule has 9 heteroatoms. The maximum Gasteiger partial charge on any atom is 0.326 e. The summed E-state index contributed by atoms with van der Waals surface area (Å²) in [6.45, 7) is 5.65. The predicted molar refractivity (Wildman–Crippen MR) is 102 cm³/mol. The molecule has 0 aromatic carbocycles. The van der Waals surface area contributed by atoms with Crippen LogP contribution >= 0.6 is 23.5 Å². The van der Waals surface area contributed by atoms with Gasteiger partial charge in [-0.3, -0.25) is 9.59 Å². The molecule has 25 heavy (non-hydrogen) atoms. The Balaban J connectivity index is 2.87. The minimum absolute atomic E-state index is 0.153. The molecule has 1 saturated heterocycles. The van der Waals surface area contributed by atoms with Crippen LogP contribution in [0.4, 0.5) is 0 Å². The van der Waals surface area contributed by atoms with E-state index in [1.807, 2.05) is 0 Å². The largest absolute Gasteiger partial charge is 0.465 e. The van der Waals surface area contributed by atoms with E-state index < -0.39 is 17.4 Å². The van der Waals surface area contributed by atoms with Crippen LogP contribution in [-0.2, 0) is 19.1 Å². The van der Waals surface area contributed by atoms with E-state index in [4.69, 9.17) is 9.47 Å². The SMILES string of the molecule is CCOC(=O)C1(C(=O)OCC)CNCCSCC(CO)SCCNC1. The first-order valence-corrected chi connectivity index (χ1v) is 10.9. The molecule has 146 valence electrons. The predicted octanol–water partition coefficient (Wildman–Crippen LogP) is 0.119. The zero-order valence-electron chi connectivity index (χ0n) is 15.0.